The Labute approximate surface area is 167 Å². The monoisotopic (exact) mass is 432 g/mol. The van der Waals surface area contributed by atoms with Gasteiger partial charge in [0.1, 0.15) is 4.90 Å². The van der Waals surface area contributed by atoms with Crippen LogP contribution in [-0.2, 0) is 20.0 Å². The highest BCUT2D eigenvalue weighted by Crippen LogP contribution is 2.31. The molecule has 9 heteroatoms. The van der Waals surface area contributed by atoms with E-state index in [0.29, 0.717) is 0 Å². The molecule has 0 saturated carbocycles. The Hall–Kier alpha value is -1.45. The Morgan fingerprint density at radius 3 is 2.26 bits per heavy atom. The van der Waals surface area contributed by atoms with E-state index in [1.807, 2.05) is 13.8 Å². The van der Waals surface area contributed by atoms with E-state index in [9.17, 15) is 16.8 Å². The van der Waals surface area contributed by atoms with Gasteiger partial charge in [0.05, 0.1) is 9.92 Å². The zero-order valence-electron chi connectivity index (χ0n) is 15.8. The highest BCUT2D eigenvalue weighted by Gasteiger charge is 2.30. The summed E-state index contributed by atoms with van der Waals surface area (Å²) in [6.45, 7) is 10.9. The third kappa shape index (κ3) is 6.02. The number of nitrogens with two attached hydrogens (primary N) is 1. The second kappa shape index (κ2) is 9.16. The molecule has 0 aliphatic heterocycles. The average molecular weight is 433 g/mol. The molecule has 2 N–H and O–H groups in total. The van der Waals surface area contributed by atoms with Crippen LogP contribution in [0, 0.1) is 0 Å². The molecule has 6 nitrogen and oxygen atoms in total. The number of allylic oxidation sites excluding steroid dienone is 3. The maximum Gasteiger partial charge on any atom is 0.244 e. The lowest BCUT2D eigenvalue weighted by molar-refractivity contribution is 0.382. The SMILES string of the molecule is C=CCN(C(C)C)S(=O)(=O)c1cc(S(N)(=O)=O)c(Cl)cc1C=CC=C(C)C. The Morgan fingerprint density at radius 2 is 1.81 bits per heavy atom. The molecule has 150 valence electrons. The second-order valence-electron chi connectivity index (χ2n) is 6.43. The molecule has 0 bridgehead atoms. The quantitative estimate of drug-likeness (QED) is 0.501. The first-order chi connectivity index (χ1) is 12.3. The minimum absolute atomic E-state index is 0.0739. The van der Waals surface area contributed by atoms with Gasteiger partial charge in [-0.3, -0.25) is 0 Å². The fourth-order valence-electron chi connectivity index (χ4n) is 2.31. The lowest BCUT2D eigenvalue weighted by Gasteiger charge is -2.25. The van der Waals surface area contributed by atoms with Crippen LogP contribution in [0.3, 0.4) is 0 Å². The van der Waals surface area contributed by atoms with Crippen LogP contribution in [0.4, 0.5) is 0 Å². The lowest BCUT2D eigenvalue weighted by atomic mass is 10.2. The van der Waals surface area contributed by atoms with Crippen molar-refractivity contribution in [2.24, 2.45) is 5.14 Å². The molecule has 0 saturated heterocycles. The minimum atomic E-state index is -4.20. The fraction of sp³-hybridized carbons (Fsp3) is 0.333. The van der Waals surface area contributed by atoms with Crippen molar-refractivity contribution in [1.29, 1.82) is 0 Å². The predicted octanol–water partition coefficient (Wildman–Crippen LogP) is 3.55. The van der Waals surface area contributed by atoms with E-state index >= 15 is 0 Å². The first-order valence-corrected chi connectivity index (χ1v) is 11.5. The molecule has 0 aromatic heterocycles. The van der Waals surface area contributed by atoms with E-state index in [0.717, 1.165) is 11.6 Å². The molecule has 0 amide bonds. The summed E-state index contributed by atoms with van der Waals surface area (Å²) in [5, 5.41) is 5.04. The first-order valence-electron chi connectivity index (χ1n) is 8.13. The van der Waals surface area contributed by atoms with Crippen molar-refractivity contribution >= 4 is 37.7 Å². The number of hydrogen-bond donors (Lipinski definition) is 1. The maximum absolute atomic E-state index is 13.2. The molecule has 27 heavy (non-hydrogen) atoms. The van der Waals surface area contributed by atoms with Crippen molar-refractivity contribution in [3.05, 3.63) is 53.1 Å². The van der Waals surface area contributed by atoms with Gasteiger partial charge in [-0.25, -0.2) is 22.0 Å². The molecule has 0 spiro atoms. The van der Waals surface area contributed by atoms with Crippen molar-refractivity contribution in [3.8, 4) is 0 Å². The molecule has 0 fully saturated rings. The zero-order valence-corrected chi connectivity index (χ0v) is 18.2. The van der Waals surface area contributed by atoms with Gasteiger partial charge in [0.15, 0.2) is 0 Å². The largest absolute Gasteiger partial charge is 0.244 e. The molecule has 1 rings (SSSR count). The summed E-state index contributed by atoms with van der Waals surface area (Å²) in [5.41, 5.74) is 1.28. The number of primary sulfonamides is 1. The maximum atomic E-state index is 13.2. The number of benzene rings is 1. The molecule has 0 atom stereocenters. The van der Waals surface area contributed by atoms with Crippen LogP contribution >= 0.6 is 11.6 Å². The van der Waals surface area contributed by atoms with E-state index in [-0.39, 0.29) is 28.1 Å². The molecule has 1 aromatic rings. The van der Waals surface area contributed by atoms with Crippen molar-refractivity contribution in [1.82, 2.24) is 4.31 Å². The average Bonchev–Trinajstić information content (AvgIpc) is 2.50. The molecule has 0 unspecified atom stereocenters. The van der Waals surface area contributed by atoms with E-state index in [1.54, 1.807) is 32.1 Å². The summed E-state index contributed by atoms with van der Waals surface area (Å²) in [5.74, 6) is 0. The van der Waals surface area contributed by atoms with Crippen molar-refractivity contribution in [2.45, 2.75) is 43.5 Å². The van der Waals surface area contributed by atoms with Crippen molar-refractivity contribution < 1.29 is 16.8 Å². The standard InChI is InChI=1S/C18H25ClN2O4S2/c1-6-10-21(14(4)5)27(24,25)17-12-18(26(20,22)23)16(19)11-15(17)9-7-8-13(2)3/h6-9,11-12,14H,1,10H2,2-5H3,(H2,20,22,23). The van der Waals surface area contributed by atoms with E-state index in [4.69, 9.17) is 16.7 Å². The van der Waals surface area contributed by atoms with Crippen LogP contribution in [0.2, 0.25) is 5.02 Å². The normalized spacial score (nSPS) is 12.7. The van der Waals surface area contributed by atoms with Gasteiger partial charge in [0.2, 0.25) is 20.0 Å². The van der Waals surface area contributed by atoms with Gasteiger partial charge in [-0.05, 0) is 45.4 Å². The molecular formula is C18H25ClN2O4S2. The van der Waals surface area contributed by atoms with Crippen LogP contribution in [0.15, 0.2) is 52.3 Å². The van der Waals surface area contributed by atoms with Crippen molar-refractivity contribution in [3.63, 3.8) is 0 Å². The van der Waals surface area contributed by atoms with E-state index in [1.165, 1.54) is 16.4 Å². The van der Waals surface area contributed by atoms with E-state index in [2.05, 4.69) is 6.58 Å². The Kier molecular flexibility index (Phi) is 8.00. The third-order valence-corrected chi connectivity index (χ3v) is 7.02. The van der Waals surface area contributed by atoms with Gasteiger partial charge in [-0.2, -0.15) is 4.31 Å². The summed E-state index contributed by atoms with van der Waals surface area (Å²) >= 11 is 6.05. The van der Waals surface area contributed by atoms with Gasteiger partial charge in [0.25, 0.3) is 0 Å². The van der Waals surface area contributed by atoms with E-state index < -0.39 is 24.9 Å². The first kappa shape index (κ1) is 23.6. The Morgan fingerprint density at radius 1 is 1.22 bits per heavy atom. The van der Waals surface area contributed by atoms with Crippen LogP contribution in [0.1, 0.15) is 33.3 Å². The lowest BCUT2D eigenvalue weighted by Crippen LogP contribution is -2.37. The molecule has 0 radical (unpaired) electrons. The fourth-order valence-corrected chi connectivity index (χ4v) is 5.29. The number of hydrogen-bond acceptors (Lipinski definition) is 4. The number of sulfonamides is 2. The van der Waals surface area contributed by atoms with Crippen LogP contribution in [0.25, 0.3) is 6.08 Å². The molecule has 0 aliphatic rings. The molecule has 0 heterocycles. The van der Waals surface area contributed by atoms with Gasteiger partial charge >= 0.3 is 0 Å². The summed E-state index contributed by atoms with van der Waals surface area (Å²) in [7, 11) is -8.23. The summed E-state index contributed by atoms with van der Waals surface area (Å²) in [6, 6.07) is 1.93. The summed E-state index contributed by atoms with van der Waals surface area (Å²) in [6.07, 6.45) is 6.49. The van der Waals surface area contributed by atoms with Crippen LogP contribution in [0.5, 0.6) is 0 Å². The van der Waals surface area contributed by atoms with Crippen LogP contribution in [-0.4, -0.2) is 33.7 Å². The number of halogens is 1. The van der Waals surface area contributed by atoms with Gasteiger partial charge < -0.3 is 0 Å². The third-order valence-electron chi connectivity index (χ3n) is 3.55. The van der Waals surface area contributed by atoms with Gasteiger partial charge in [0, 0.05) is 12.6 Å². The van der Waals surface area contributed by atoms with Gasteiger partial charge in [-0.15, -0.1) is 6.58 Å². The highest BCUT2D eigenvalue weighted by atomic mass is 35.5. The second-order valence-corrected chi connectivity index (χ2v) is 10.2. The number of rotatable bonds is 8. The smallest absolute Gasteiger partial charge is 0.225 e. The Balaban J connectivity index is 3.82. The molecule has 0 aliphatic carbocycles. The summed E-state index contributed by atoms with van der Waals surface area (Å²) < 4.78 is 51.3. The minimum Gasteiger partial charge on any atom is -0.225 e. The predicted molar refractivity (Wildman–Crippen MR) is 111 cm³/mol. The van der Waals surface area contributed by atoms with Crippen molar-refractivity contribution in [2.75, 3.05) is 6.54 Å². The molecule has 1 aromatic carbocycles. The number of nitrogens with zero attached hydrogens (tertiary/aromatic N) is 1. The topological polar surface area (TPSA) is 97.5 Å². The van der Waals surface area contributed by atoms with Crippen LogP contribution < -0.4 is 5.14 Å². The highest BCUT2D eigenvalue weighted by molar-refractivity contribution is 7.90. The van der Waals surface area contributed by atoms with Gasteiger partial charge in [-0.1, -0.05) is 41.5 Å². The summed E-state index contributed by atoms with van der Waals surface area (Å²) in [4.78, 5) is -0.630. The zero-order chi connectivity index (χ0) is 21.0. The molecular weight excluding hydrogens is 408 g/mol. The Bertz CT molecular complexity index is 975.